The lowest BCUT2D eigenvalue weighted by Crippen LogP contribution is -2.36. The fourth-order valence-electron chi connectivity index (χ4n) is 2.82. The lowest BCUT2D eigenvalue weighted by atomic mass is 10.1. The van der Waals surface area contributed by atoms with E-state index in [0.717, 1.165) is 17.0 Å². The molecule has 0 aliphatic carbocycles. The molecule has 2 heterocycles. The molecule has 1 aromatic carbocycles. The second kappa shape index (κ2) is 6.78. The molecule has 3 rings (SSSR count). The predicted octanol–water partition coefficient (Wildman–Crippen LogP) is 3.31. The Labute approximate surface area is 142 Å². The number of amides is 1. The summed E-state index contributed by atoms with van der Waals surface area (Å²) in [4.78, 5) is 21.2. The number of aromatic amines is 1. The first-order chi connectivity index (χ1) is 11.9. The van der Waals surface area contributed by atoms with Gasteiger partial charge in [-0.25, -0.2) is 4.98 Å². The molecule has 1 amide bonds. The van der Waals surface area contributed by atoms with Crippen molar-refractivity contribution in [3.05, 3.63) is 35.7 Å². The minimum absolute atomic E-state index is 0.253. The Balaban J connectivity index is 1.72. The fraction of sp³-hybridized carbons (Fsp3) is 0.412. The van der Waals surface area contributed by atoms with Crippen LogP contribution < -0.4 is 4.74 Å². The number of imidazole rings is 1. The monoisotopic (exact) mass is 353 g/mol. The molecular weight excluding hydrogens is 335 g/mol. The number of benzene rings is 1. The Bertz CT molecular complexity index is 771. The highest BCUT2D eigenvalue weighted by molar-refractivity contribution is 5.76. The van der Waals surface area contributed by atoms with Crippen LogP contribution in [0.5, 0.6) is 5.75 Å². The van der Waals surface area contributed by atoms with Crippen molar-refractivity contribution < 1.29 is 22.7 Å². The summed E-state index contributed by atoms with van der Waals surface area (Å²) in [5, 5.41) is 0. The molecule has 0 spiro atoms. The van der Waals surface area contributed by atoms with Gasteiger partial charge < -0.3 is 14.6 Å². The molecule has 0 fully saturated rings. The minimum atomic E-state index is -4.32. The molecular formula is C17H18F3N3O2. The summed E-state index contributed by atoms with van der Waals surface area (Å²) in [6, 6.07) is 7.41. The molecule has 0 unspecified atom stereocenters. The normalized spacial score (nSPS) is 14.3. The summed E-state index contributed by atoms with van der Waals surface area (Å²) in [5.41, 5.74) is 2.46. The van der Waals surface area contributed by atoms with E-state index in [4.69, 9.17) is 4.74 Å². The Morgan fingerprint density at radius 2 is 2.20 bits per heavy atom. The van der Waals surface area contributed by atoms with Crippen molar-refractivity contribution in [2.75, 3.05) is 13.7 Å². The quantitative estimate of drug-likeness (QED) is 0.917. The zero-order chi connectivity index (χ0) is 18.0. The van der Waals surface area contributed by atoms with Gasteiger partial charge in [-0.15, -0.1) is 0 Å². The number of hydrogen-bond donors (Lipinski definition) is 1. The molecule has 0 bridgehead atoms. The molecule has 1 aliphatic heterocycles. The number of nitrogens with one attached hydrogen (secondary N) is 1. The number of ether oxygens (including phenoxy) is 1. The highest BCUT2D eigenvalue weighted by atomic mass is 19.4. The number of rotatable bonds is 4. The minimum Gasteiger partial charge on any atom is -0.497 e. The van der Waals surface area contributed by atoms with Gasteiger partial charge in [0.05, 0.1) is 31.5 Å². The van der Waals surface area contributed by atoms with Crippen LogP contribution in [0.1, 0.15) is 24.2 Å². The topological polar surface area (TPSA) is 58.2 Å². The van der Waals surface area contributed by atoms with Gasteiger partial charge in [-0.1, -0.05) is 12.1 Å². The fourth-order valence-corrected chi connectivity index (χ4v) is 2.82. The number of methoxy groups -OCH3 is 1. The average molecular weight is 353 g/mol. The molecule has 0 saturated heterocycles. The van der Waals surface area contributed by atoms with E-state index in [1.165, 1.54) is 4.90 Å². The second-order valence-electron chi connectivity index (χ2n) is 5.92. The van der Waals surface area contributed by atoms with E-state index < -0.39 is 24.9 Å². The van der Waals surface area contributed by atoms with E-state index in [0.29, 0.717) is 24.5 Å². The molecule has 0 atom stereocenters. The van der Waals surface area contributed by atoms with Crippen molar-refractivity contribution in [3.63, 3.8) is 0 Å². The van der Waals surface area contributed by atoms with Gasteiger partial charge in [-0.2, -0.15) is 13.2 Å². The first kappa shape index (κ1) is 17.3. The van der Waals surface area contributed by atoms with Crippen LogP contribution in [0.25, 0.3) is 11.4 Å². The van der Waals surface area contributed by atoms with Crippen molar-refractivity contribution in [3.8, 4) is 17.1 Å². The molecule has 134 valence electrons. The van der Waals surface area contributed by atoms with Crippen molar-refractivity contribution in [2.45, 2.75) is 32.0 Å². The number of hydrogen-bond acceptors (Lipinski definition) is 3. The van der Waals surface area contributed by atoms with E-state index in [9.17, 15) is 18.0 Å². The summed E-state index contributed by atoms with van der Waals surface area (Å²) < 4.78 is 42.0. The lowest BCUT2D eigenvalue weighted by Gasteiger charge is -2.26. The molecule has 2 aromatic rings. The maximum atomic E-state index is 12.3. The van der Waals surface area contributed by atoms with Crippen LogP contribution in [0, 0.1) is 0 Å². The maximum absolute atomic E-state index is 12.3. The van der Waals surface area contributed by atoms with Gasteiger partial charge in [0, 0.05) is 24.9 Å². The van der Waals surface area contributed by atoms with E-state index >= 15 is 0 Å². The number of H-pyrrole nitrogens is 1. The first-order valence-electron chi connectivity index (χ1n) is 7.92. The summed E-state index contributed by atoms with van der Waals surface area (Å²) in [5.74, 6) is 0.879. The SMILES string of the molecule is COc1cccc(-c2nc3c([nH]2)CN(C(=O)CCC(F)(F)F)CC3)c1. The van der Waals surface area contributed by atoms with E-state index in [1.807, 2.05) is 24.3 Å². The number of aromatic nitrogens is 2. The molecule has 1 aromatic heterocycles. The Morgan fingerprint density at radius 1 is 1.40 bits per heavy atom. The van der Waals surface area contributed by atoms with E-state index in [1.54, 1.807) is 7.11 Å². The largest absolute Gasteiger partial charge is 0.497 e. The van der Waals surface area contributed by atoms with E-state index in [2.05, 4.69) is 9.97 Å². The van der Waals surface area contributed by atoms with Gasteiger partial charge in [-0.3, -0.25) is 4.79 Å². The lowest BCUT2D eigenvalue weighted by molar-refractivity contribution is -0.149. The number of fused-ring (bicyclic) bond motifs is 1. The van der Waals surface area contributed by atoms with Crippen LogP contribution in [-0.2, 0) is 17.8 Å². The van der Waals surface area contributed by atoms with Crippen molar-refractivity contribution in [1.29, 1.82) is 0 Å². The molecule has 8 heteroatoms. The Morgan fingerprint density at radius 3 is 2.92 bits per heavy atom. The van der Waals surface area contributed by atoms with Gasteiger partial charge >= 0.3 is 6.18 Å². The predicted molar refractivity (Wildman–Crippen MR) is 85.0 cm³/mol. The second-order valence-corrected chi connectivity index (χ2v) is 5.92. The van der Waals surface area contributed by atoms with E-state index in [-0.39, 0.29) is 6.54 Å². The van der Waals surface area contributed by atoms with Crippen molar-refractivity contribution in [2.24, 2.45) is 0 Å². The number of alkyl halides is 3. The number of carbonyl (C=O) groups is 1. The summed E-state index contributed by atoms with van der Waals surface area (Å²) >= 11 is 0. The summed E-state index contributed by atoms with van der Waals surface area (Å²) in [6.45, 7) is 0.634. The number of carbonyl (C=O) groups excluding carboxylic acids is 1. The molecule has 1 aliphatic rings. The standard InChI is InChI=1S/C17H18F3N3O2/c1-25-12-4-2-3-11(9-12)16-21-13-6-8-23(10-14(13)22-16)15(24)5-7-17(18,19)20/h2-4,9H,5-8,10H2,1H3,(H,21,22). The third-order valence-electron chi connectivity index (χ3n) is 4.15. The Kier molecular flexibility index (Phi) is 4.69. The van der Waals surface area contributed by atoms with Gasteiger partial charge in [0.2, 0.25) is 5.91 Å². The van der Waals surface area contributed by atoms with Gasteiger partial charge in [0.15, 0.2) is 0 Å². The smallest absolute Gasteiger partial charge is 0.389 e. The highest BCUT2D eigenvalue weighted by Crippen LogP contribution is 2.27. The van der Waals surface area contributed by atoms with Crippen molar-refractivity contribution in [1.82, 2.24) is 14.9 Å². The zero-order valence-corrected chi connectivity index (χ0v) is 13.7. The van der Waals surface area contributed by atoms with Crippen LogP contribution in [0.3, 0.4) is 0 Å². The van der Waals surface area contributed by atoms with Crippen LogP contribution in [0.2, 0.25) is 0 Å². The van der Waals surface area contributed by atoms with Crippen LogP contribution in [0.4, 0.5) is 13.2 Å². The van der Waals surface area contributed by atoms with Crippen LogP contribution >= 0.6 is 0 Å². The first-order valence-corrected chi connectivity index (χ1v) is 7.92. The van der Waals surface area contributed by atoms with Crippen molar-refractivity contribution >= 4 is 5.91 Å². The number of nitrogens with zero attached hydrogens (tertiary/aromatic N) is 2. The third kappa shape index (κ3) is 4.12. The van der Waals surface area contributed by atoms with Gasteiger partial charge in [-0.05, 0) is 12.1 Å². The summed E-state index contributed by atoms with van der Waals surface area (Å²) in [6.07, 6.45) is -5.40. The summed E-state index contributed by atoms with van der Waals surface area (Å²) in [7, 11) is 1.58. The number of halogens is 3. The van der Waals surface area contributed by atoms with Crippen LogP contribution in [0.15, 0.2) is 24.3 Å². The average Bonchev–Trinajstić information content (AvgIpc) is 3.02. The zero-order valence-electron chi connectivity index (χ0n) is 13.7. The van der Waals surface area contributed by atoms with Crippen LogP contribution in [-0.4, -0.2) is 40.6 Å². The molecule has 0 radical (unpaired) electrons. The molecule has 1 N–H and O–H groups in total. The highest BCUT2D eigenvalue weighted by Gasteiger charge is 2.30. The molecule has 0 saturated carbocycles. The Hall–Kier alpha value is -2.51. The van der Waals surface area contributed by atoms with Gasteiger partial charge in [0.25, 0.3) is 0 Å². The maximum Gasteiger partial charge on any atom is 0.389 e. The molecule has 25 heavy (non-hydrogen) atoms. The third-order valence-corrected chi connectivity index (χ3v) is 4.15. The molecule has 5 nitrogen and oxygen atoms in total. The van der Waals surface area contributed by atoms with Gasteiger partial charge in [0.1, 0.15) is 11.6 Å².